The van der Waals surface area contributed by atoms with Gasteiger partial charge in [-0.05, 0) is 24.1 Å². The Morgan fingerprint density at radius 2 is 1.77 bits per heavy atom. The standard InChI is InChI=1S/C19H23ClN2O4/c1-2-11-26-15-5-3-14(4-6-15)16-17(20)19(24)22(18(16)23)8-7-21-9-12-25-13-10-21/h3-6H,2,7-13H2,1H3. The Balaban J connectivity index is 1.67. The maximum Gasteiger partial charge on any atom is 0.273 e. The van der Waals surface area contributed by atoms with Crippen LogP contribution < -0.4 is 4.74 Å². The molecule has 0 aromatic heterocycles. The molecule has 0 atom stereocenters. The van der Waals surface area contributed by atoms with E-state index in [0.29, 0.717) is 38.5 Å². The van der Waals surface area contributed by atoms with Crippen molar-refractivity contribution in [1.29, 1.82) is 0 Å². The number of nitrogens with zero attached hydrogens (tertiary/aromatic N) is 2. The normalized spacial score (nSPS) is 18.8. The van der Waals surface area contributed by atoms with Crippen molar-refractivity contribution in [2.45, 2.75) is 13.3 Å². The number of hydrogen-bond donors (Lipinski definition) is 0. The zero-order valence-electron chi connectivity index (χ0n) is 14.9. The number of imide groups is 1. The molecule has 1 aromatic rings. The van der Waals surface area contributed by atoms with Gasteiger partial charge in [0, 0.05) is 26.2 Å². The first-order chi connectivity index (χ1) is 12.6. The van der Waals surface area contributed by atoms with Crippen LogP contribution in [0.5, 0.6) is 5.75 Å². The molecule has 0 unspecified atom stereocenters. The lowest BCUT2D eigenvalue weighted by molar-refractivity contribution is -0.136. The average Bonchev–Trinajstić information content (AvgIpc) is 2.88. The number of halogens is 1. The number of carbonyl (C=O) groups excluding carboxylic acids is 2. The van der Waals surface area contributed by atoms with Gasteiger partial charge in [0.25, 0.3) is 11.8 Å². The van der Waals surface area contributed by atoms with Gasteiger partial charge in [-0.2, -0.15) is 0 Å². The van der Waals surface area contributed by atoms with Crippen molar-refractivity contribution in [1.82, 2.24) is 9.80 Å². The van der Waals surface area contributed by atoms with Crippen molar-refractivity contribution in [3.05, 3.63) is 34.9 Å². The molecular formula is C19H23ClN2O4. The van der Waals surface area contributed by atoms with Gasteiger partial charge in [-0.1, -0.05) is 30.7 Å². The highest BCUT2D eigenvalue weighted by Crippen LogP contribution is 2.32. The minimum atomic E-state index is -0.425. The van der Waals surface area contributed by atoms with Gasteiger partial charge in [-0.3, -0.25) is 19.4 Å². The minimum absolute atomic E-state index is 0.0146. The van der Waals surface area contributed by atoms with Crippen LogP contribution in [0.15, 0.2) is 29.3 Å². The molecule has 2 heterocycles. The molecule has 0 saturated carbocycles. The summed E-state index contributed by atoms with van der Waals surface area (Å²) in [6.45, 7) is 6.60. The fourth-order valence-electron chi connectivity index (χ4n) is 3.00. The van der Waals surface area contributed by atoms with Crippen LogP contribution in [-0.2, 0) is 14.3 Å². The van der Waals surface area contributed by atoms with Crippen LogP contribution in [0.3, 0.4) is 0 Å². The van der Waals surface area contributed by atoms with Gasteiger partial charge in [0.15, 0.2) is 0 Å². The second kappa shape index (κ2) is 8.66. The third kappa shape index (κ3) is 4.09. The zero-order valence-corrected chi connectivity index (χ0v) is 15.6. The monoisotopic (exact) mass is 378 g/mol. The fraction of sp³-hybridized carbons (Fsp3) is 0.474. The Bertz CT molecular complexity index is 696. The first-order valence-electron chi connectivity index (χ1n) is 8.91. The summed E-state index contributed by atoms with van der Waals surface area (Å²) in [5.74, 6) is -0.0324. The van der Waals surface area contributed by atoms with E-state index in [-0.39, 0.29) is 16.5 Å². The van der Waals surface area contributed by atoms with E-state index in [1.807, 2.05) is 6.92 Å². The van der Waals surface area contributed by atoms with Crippen molar-refractivity contribution >= 4 is 29.0 Å². The SMILES string of the molecule is CCCOc1ccc(C2=C(Cl)C(=O)N(CCN3CCOCC3)C2=O)cc1. The highest BCUT2D eigenvalue weighted by atomic mass is 35.5. The van der Waals surface area contributed by atoms with Crippen LogP contribution in [0, 0.1) is 0 Å². The fourth-order valence-corrected chi connectivity index (χ4v) is 3.30. The predicted molar refractivity (Wildman–Crippen MR) is 99.0 cm³/mol. The molecule has 0 spiro atoms. The van der Waals surface area contributed by atoms with Gasteiger partial charge in [0.05, 0.1) is 25.4 Å². The summed E-state index contributed by atoms with van der Waals surface area (Å²) >= 11 is 6.20. The van der Waals surface area contributed by atoms with E-state index < -0.39 is 5.91 Å². The number of benzene rings is 1. The first kappa shape index (κ1) is 18.9. The second-order valence-electron chi connectivity index (χ2n) is 6.28. The molecule has 6 nitrogen and oxygen atoms in total. The molecule has 140 valence electrons. The molecule has 0 radical (unpaired) electrons. The predicted octanol–water partition coefficient (Wildman–Crippen LogP) is 2.13. The highest BCUT2D eigenvalue weighted by molar-refractivity contribution is 6.55. The second-order valence-corrected chi connectivity index (χ2v) is 6.66. The molecule has 2 aliphatic heterocycles. The maximum absolute atomic E-state index is 12.7. The van der Waals surface area contributed by atoms with E-state index in [4.69, 9.17) is 21.1 Å². The van der Waals surface area contributed by atoms with Crippen molar-refractivity contribution in [2.24, 2.45) is 0 Å². The first-order valence-corrected chi connectivity index (χ1v) is 9.29. The Morgan fingerprint density at radius 3 is 2.42 bits per heavy atom. The molecular weight excluding hydrogens is 356 g/mol. The van der Waals surface area contributed by atoms with E-state index in [0.717, 1.165) is 25.3 Å². The summed E-state index contributed by atoms with van der Waals surface area (Å²) in [4.78, 5) is 28.6. The van der Waals surface area contributed by atoms with E-state index in [9.17, 15) is 9.59 Å². The summed E-state index contributed by atoms with van der Waals surface area (Å²) in [5.41, 5.74) is 0.895. The number of amides is 2. The Hall–Kier alpha value is -1.89. The number of hydrogen-bond acceptors (Lipinski definition) is 5. The smallest absolute Gasteiger partial charge is 0.273 e. The van der Waals surface area contributed by atoms with E-state index >= 15 is 0 Å². The van der Waals surface area contributed by atoms with E-state index in [1.54, 1.807) is 24.3 Å². The third-order valence-corrected chi connectivity index (χ3v) is 4.82. The van der Waals surface area contributed by atoms with Gasteiger partial charge < -0.3 is 9.47 Å². The lowest BCUT2D eigenvalue weighted by atomic mass is 10.1. The summed E-state index contributed by atoms with van der Waals surface area (Å²) < 4.78 is 10.9. The molecule has 3 rings (SSSR count). The van der Waals surface area contributed by atoms with Crippen molar-refractivity contribution in [3.63, 3.8) is 0 Å². The Labute approximate surface area is 158 Å². The largest absolute Gasteiger partial charge is 0.494 e. The summed E-state index contributed by atoms with van der Waals surface area (Å²) in [7, 11) is 0. The van der Waals surface area contributed by atoms with Crippen LogP contribution in [0.25, 0.3) is 5.57 Å². The molecule has 0 bridgehead atoms. The molecule has 0 aliphatic carbocycles. The molecule has 7 heteroatoms. The van der Waals surface area contributed by atoms with Crippen LogP contribution in [0.4, 0.5) is 0 Å². The minimum Gasteiger partial charge on any atom is -0.494 e. The molecule has 1 fully saturated rings. The average molecular weight is 379 g/mol. The summed E-state index contributed by atoms with van der Waals surface area (Å²) in [6.07, 6.45) is 0.920. The van der Waals surface area contributed by atoms with Gasteiger partial charge >= 0.3 is 0 Å². The van der Waals surface area contributed by atoms with Crippen LogP contribution in [-0.4, -0.2) is 67.6 Å². The summed E-state index contributed by atoms with van der Waals surface area (Å²) in [5, 5.41) is -0.0146. The van der Waals surface area contributed by atoms with Gasteiger partial charge in [-0.15, -0.1) is 0 Å². The van der Waals surface area contributed by atoms with E-state index in [1.165, 1.54) is 4.90 Å². The quantitative estimate of drug-likeness (QED) is 0.680. The van der Waals surface area contributed by atoms with E-state index in [2.05, 4.69) is 4.90 Å². The number of morpholine rings is 1. The van der Waals surface area contributed by atoms with Crippen molar-refractivity contribution < 1.29 is 19.1 Å². The Morgan fingerprint density at radius 1 is 1.08 bits per heavy atom. The molecule has 2 aliphatic rings. The van der Waals surface area contributed by atoms with Crippen LogP contribution >= 0.6 is 11.6 Å². The molecule has 26 heavy (non-hydrogen) atoms. The van der Waals surface area contributed by atoms with Gasteiger partial charge in [0.1, 0.15) is 10.8 Å². The van der Waals surface area contributed by atoms with Crippen molar-refractivity contribution in [2.75, 3.05) is 46.0 Å². The zero-order chi connectivity index (χ0) is 18.5. The molecule has 1 aromatic carbocycles. The number of rotatable bonds is 7. The number of ether oxygens (including phenoxy) is 2. The van der Waals surface area contributed by atoms with Crippen LogP contribution in [0.2, 0.25) is 0 Å². The lowest BCUT2D eigenvalue weighted by Crippen LogP contribution is -2.43. The Kier molecular flexibility index (Phi) is 6.29. The van der Waals surface area contributed by atoms with Crippen LogP contribution in [0.1, 0.15) is 18.9 Å². The lowest BCUT2D eigenvalue weighted by Gasteiger charge is -2.28. The molecule has 1 saturated heterocycles. The van der Waals surface area contributed by atoms with Crippen molar-refractivity contribution in [3.8, 4) is 5.75 Å². The topological polar surface area (TPSA) is 59.1 Å². The maximum atomic E-state index is 12.7. The van der Waals surface area contributed by atoms with Gasteiger partial charge in [0.2, 0.25) is 0 Å². The molecule has 2 amide bonds. The molecule has 0 N–H and O–H groups in total. The third-order valence-electron chi connectivity index (χ3n) is 4.47. The number of carbonyl (C=O) groups is 2. The van der Waals surface area contributed by atoms with Gasteiger partial charge in [-0.25, -0.2) is 0 Å². The highest BCUT2D eigenvalue weighted by Gasteiger charge is 2.38. The summed E-state index contributed by atoms with van der Waals surface area (Å²) in [6, 6.07) is 7.10.